The van der Waals surface area contributed by atoms with E-state index in [1.807, 2.05) is 60.7 Å². The number of para-hydroxylation sites is 2. The Morgan fingerprint density at radius 3 is 2.26 bits per heavy atom. The van der Waals surface area contributed by atoms with Crippen LogP contribution in [0.25, 0.3) is 44.7 Å². The van der Waals surface area contributed by atoms with Crippen molar-refractivity contribution in [1.29, 1.82) is 0 Å². The van der Waals surface area contributed by atoms with E-state index in [4.69, 9.17) is 4.84 Å². The molecule has 0 saturated carbocycles. The Hall–Kier alpha value is -5.72. The van der Waals surface area contributed by atoms with Gasteiger partial charge in [0.15, 0.2) is 0 Å². The summed E-state index contributed by atoms with van der Waals surface area (Å²) in [6, 6.07) is 38.6. The van der Waals surface area contributed by atoms with Crippen molar-refractivity contribution in [1.82, 2.24) is 4.98 Å². The van der Waals surface area contributed by atoms with Crippen molar-refractivity contribution in [3.8, 4) is 5.75 Å². The maximum atomic E-state index is 11.7. The van der Waals surface area contributed by atoms with Crippen molar-refractivity contribution in [3.05, 3.63) is 143 Å². The zero-order valence-corrected chi connectivity index (χ0v) is 25.8. The highest BCUT2D eigenvalue weighted by molar-refractivity contribution is 6.20. The summed E-state index contributed by atoms with van der Waals surface area (Å²) in [7, 11) is 0. The third-order valence-corrected chi connectivity index (χ3v) is 8.32. The summed E-state index contributed by atoms with van der Waals surface area (Å²) < 4.78 is 0. The van der Waals surface area contributed by atoms with Crippen LogP contribution >= 0.6 is 0 Å². The molecule has 0 bridgehead atoms. The van der Waals surface area contributed by atoms with E-state index in [1.54, 1.807) is 0 Å². The van der Waals surface area contributed by atoms with Gasteiger partial charge in [-0.3, -0.25) is 10.3 Å². The van der Waals surface area contributed by atoms with E-state index in [-0.39, 0.29) is 12.4 Å². The lowest BCUT2D eigenvalue weighted by atomic mass is 10.0. The van der Waals surface area contributed by atoms with E-state index in [0.29, 0.717) is 16.9 Å². The number of aromatic hydroxyl groups is 1. The van der Waals surface area contributed by atoms with E-state index < -0.39 is 0 Å². The summed E-state index contributed by atoms with van der Waals surface area (Å²) in [6.07, 6.45) is 5.05. The molecule has 6 aromatic carbocycles. The molecule has 0 unspecified atom stereocenters. The van der Waals surface area contributed by atoms with Gasteiger partial charge in [-0.05, 0) is 65.8 Å². The Bertz CT molecular complexity index is 2230. The Balaban J connectivity index is 1.24. The Morgan fingerprint density at radius 2 is 1.48 bits per heavy atom. The fraction of sp³-hybridized carbons (Fsp3) is 0.100. The van der Waals surface area contributed by atoms with Crippen LogP contribution in [0.5, 0.6) is 5.75 Å². The molecule has 0 aliphatic rings. The molecule has 226 valence electrons. The van der Waals surface area contributed by atoms with Crippen LogP contribution in [0.2, 0.25) is 0 Å². The fourth-order valence-corrected chi connectivity index (χ4v) is 5.79. The summed E-state index contributed by atoms with van der Waals surface area (Å²) in [5.74, 6) is 0.0330. The Labute approximate surface area is 267 Å². The van der Waals surface area contributed by atoms with E-state index >= 15 is 0 Å². The molecule has 1 aromatic heterocycles. The number of aromatic amines is 1. The molecule has 0 fully saturated rings. The zero-order chi connectivity index (χ0) is 31.5. The number of H-pyrrole nitrogens is 1. The predicted molar refractivity (Wildman–Crippen MR) is 190 cm³/mol. The molecule has 6 nitrogen and oxygen atoms in total. The molecule has 3 N–H and O–H groups in total. The van der Waals surface area contributed by atoms with E-state index in [0.717, 1.165) is 61.4 Å². The van der Waals surface area contributed by atoms with Crippen molar-refractivity contribution in [3.63, 3.8) is 0 Å². The summed E-state index contributed by atoms with van der Waals surface area (Å²) in [5.41, 5.74) is 12.2. The van der Waals surface area contributed by atoms with Crippen molar-refractivity contribution in [2.45, 2.75) is 26.9 Å². The molecule has 0 aliphatic carbocycles. The van der Waals surface area contributed by atoms with Crippen LogP contribution in [0.4, 0.5) is 17.1 Å². The molecule has 46 heavy (non-hydrogen) atoms. The molecule has 0 aliphatic heterocycles. The van der Waals surface area contributed by atoms with Gasteiger partial charge in [0.1, 0.15) is 18.0 Å². The van der Waals surface area contributed by atoms with Gasteiger partial charge < -0.3 is 10.1 Å². The van der Waals surface area contributed by atoms with Crippen LogP contribution in [0, 0.1) is 6.92 Å². The monoisotopic (exact) mass is 602 g/mol. The summed E-state index contributed by atoms with van der Waals surface area (Å²) in [5, 5.41) is 24.8. The highest BCUT2D eigenvalue weighted by Crippen LogP contribution is 2.44. The third-order valence-electron chi connectivity index (χ3n) is 8.32. The lowest BCUT2D eigenvalue weighted by Crippen LogP contribution is -2.04. The second kappa shape index (κ2) is 12.7. The smallest absolute Gasteiger partial charge is 0.149 e. The van der Waals surface area contributed by atoms with Crippen LogP contribution in [0.3, 0.4) is 0 Å². The number of fused-ring (bicyclic) bond motifs is 5. The standard InChI is InChI=1S/C40H34N4O2/c1-3-29-8-4-6-10-35(29)44-46-25-31-24-30-20-23-34-33-9-5-7-11-36(33)41-38(34)37(30)39(40(31)45)43-42-32-21-18-28(19-22-32)17-16-27-14-12-26(2)13-15-27/h4-24,41,44-45H,3,25H2,1-2H3/b17-16+,43-42?. The van der Waals surface area contributed by atoms with Crippen LogP contribution in [0.15, 0.2) is 125 Å². The fourth-order valence-electron chi connectivity index (χ4n) is 5.79. The lowest BCUT2D eigenvalue weighted by molar-refractivity contribution is 0.177. The van der Waals surface area contributed by atoms with Gasteiger partial charge in [0, 0.05) is 27.2 Å². The topological polar surface area (TPSA) is 82.0 Å². The van der Waals surface area contributed by atoms with E-state index in [1.165, 1.54) is 5.56 Å². The minimum absolute atomic E-state index is 0.0330. The molecule has 0 saturated heterocycles. The molecule has 0 amide bonds. The number of hydrogen-bond donors (Lipinski definition) is 3. The summed E-state index contributed by atoms with van der Waals surface area (Å²) in [4.78, 5) is 9.47. The Morgan fingerprint density at radius 1 is 0.761 bits per heavy atom. The van der Waals surface area contributed by atoms with Gasteiger partial charge in [-0.2, -0.15) is 5.11 Å². The first kappa shape index (κ1) is 29.0. The maximum Gasteiger partial charge on any atom is 0.149 e. The van der Waals surface area contributed by atoms with Crippen molar-refractivity contribution >= 4 is 61.8 Å². The second-order valence-electron chi connectivity index (χ2n) is 11.4. The summed E-state index contributed by atoms with van der Waals surface area (Å²) >= 11 is 0. The van der Waals surface area contributed by atoms with Crippen LogP contribution < -0.4 is 5.48 Å². The number of nitrogens with zero attached hydrogens (tertiary/aromatic N) is 2. The summed E-state index contributed by atoms with van der Waals surface area (Å²) in [6.45, 7) is 4.32. The number of hydrogen-bond acceptors (Lipinski definition) is 5. The number of phenols is 1. The average molecular weight is 603 g/mol. The number of aryl methyl sites for hydroxylation is 2. The molecule has 0 spiro atoms. The largest absolute Gasteiger partial charge is 0.505 e. The van der Waals surface area contributed by atoms with Gasteiger partial charge in [-0.1, -0.05) is 110 Å². The first-order valence-electron chi connectivity index (χ1n) is 15.5. The van der Waals surface area contributed by atoms with E-state index in [9.17, 15) is 5.11 Å². The van der Waals surface area contributed by atoms with Gasteiger partial charge in [0.2, 0.25) is 0 Å². The normalized spacial score (nSPS) is 11.9. The van der Waals surface area contributed by atoms with Gasteiger partial charge in [0.05, 0.1) is 16.9 Å². The first-order chi connectivity index (χ1) is 22.6. The highest BCUT2D eigenvalue weighted by Gasteiger charge is 2.18. The predicted octanol–water partition coefficient (Wildman–Crippen LogP) is 11.2. The molecular weight excluding hydrogens is 568 g/mol. The number of benzene rings is 6. The van der Waals surface area contributed by atoms with Crippen LogP contribution in [-0.2, 0) is 17.9 Å². The van der Waals surface area contributed by atoms with Crippen LogP contribution in [0.1, 0.15) is 34.7 Å². The minimum atomic E-state index is 0.0330. The quantitative estimate of drug-likeness (QED) is 0.0873. The number of azo groups is 1. The second-order valence-corrected chi connectivity index (χ2v) is 11.4. The van der Waals surface area contributed by atoms with E-state index in [2.05, 4.69) is 101 Å². The number of anilines is 1. The van der Waals surface area contributed by atoms with Gasteiger partial charge in [-0.15, -0.1) is 5.11 Å². The number of nitrogens with one attached hydrogen (secondary N) is 2. The van der Waals surface area contributed by atoms with Crippen molar-refractivity contribution < 1.29 is 9.94 Å². The molecule has 6 heteroatoms. The first-order valence-corrected chi connectivity index (χ1v) is 15.5. The minimum Gasteiger partial charge on any atom is -0.505 e. The number of phenolic OH excluding ortho intramolecular Hbond substituents is 1. The number of aromatic nitrogens is 1. The third kappa shape index (κ3) is 5.86. The lowest BCUT2D eigenvalue weighted by Gasteiger charge is -2.14. The maximum absolute atomic E-state index is 11.7. The van der Waals surface area contributed by atoms with Crippen molar-refractivity contribution in [2.75, 3.05) is 5.48 Å². The van der Waals surface area contributed by atoms with Gasteiger partial charge in [-0.25, -0.2) is 0 Å². The van der Waals surface area contributed by atoms with Crippen LogP contribution in [-0.4, -0.2) is 10.1 Å². The molecular formula is C40H34N4O2. The average Bonchev–Trinajstić information content (AvgIpc) is 3.47. The molecule has 0 radical (unpaired) electrons. The molecule has 1 heterocycles. The van der Waals surface area contributed by atoms with Gasteiger partial charge >= 0.3 is 0 Å². The number of rotatable bonds is 9. The SMILES string of the molecule is CCc1ccccc1NOCc1cc2ccc3c4ccccc4[nH]c3c2c(N=Nc2ccc(/C=C/c3ccc(C)cc3)cc2)c1O. The Kier molecular flexibility index (Phi) is 8.02. The van der Waals surface area contributed by atoms with Gasteiger partial charge in [0.25, 0.3) is 0 Å². The molecule has 7 rings (SSSR count). The molecule has 7 aromatic rings. The zero-order valence-electron chi connectivity index (χ0n) is 25.8. The molecule has 0 atom stereocenters. The van der Waals surface area contributed by atoms with Crippen molar-refractivity contribution in [2.24, 2.45) is 10.2 Å². The highest BCUT2D eigenvalue weighted by atomic mass is 16.6.